The highest BCUT2D eigenvalue weighted by atomic mass is 35.5. The minimum atomic E-state index is -4.06. The molecule has 0 radical (unpaired) electrons. The van der Waals surface area contributed by atoms with E-state index in [2.05, 4.69) is 10.0 Å². The zero-order chi connectivity index (χ0) is 26.9. The molecule has 0 aliphatic rings. The summed E-state index contributed by atoms with van der Waals surface area (Å²) in [6.45, 7) is -0.0363. The van der Waals surface area contributed by atoms with Crippen molar-refractivity contribution in [3.8, 4) is 5.75 Å². The normalized spacial score (nSPS) is 12.9. The van der Waals surface area contributed by atoms with Gasteiger partial charge in [-0.3, -0.25) is 4.79 Å². The third-order valence-electron chi connectivity index (χ3n) is 5.26. The molecule has 11 nitrogen and oxygen atoms in total. The van der Waals surface area contributed by atoms with Crippen molar-refractivity contribution in [2.75, 3.05) is 6.54 Å². The van der Waals surface area contributed by atoms with Gasteiger partial charge in [0.05, 0.1) is 10.8 Å². The fraction of sp³-hybridized carbons (Fsp3) is 0.304. The van der Waals surface area contributed by atoms with Crippen molar-refractivity contribution in [2.45, 2.75) is 42.5 Å². The lowest BCUT2D eigenvalue weighted by Gasteiger charge is -2.21. The number of aromatic carboxylic acids is 1. The van der Waals surface area contributed by atoms with Gasteiger partial charge in [-0.05, 0) is 42.7 Å². The van der Waals surface area contributed by atoms with E-state index in [-0.39, 0.29) is 24.3 Å². The second kappa shape index (κ2) is 13.0. The third kappa shape index (κ3) is 7.77. The molecule has 2 aromatic rings. The molecule has 0 aliphatic carbocycles. The number of rotatable bonds is 14. The Hall–Kier alpha value is -3.48. The minimum Gasteiger partial charge on any atom is -0.507 e. The molecule has 36 heavy (non-hydrogen) atoms. The molecule has 2 aromatic carbocycles. The minimum absolute atomic E-state index is 0.0363. The molecule has 13 heteroatoms. The molecule has 0 fully saturated rings. The number of aromatic hydroxyl groups is 1. The molecule has 5 N–H and O–H groups in total. The van der Waals surface area contributed by atoms with Crippen molar-refractivity contribution in [3.63, 3.8) is 0 Å². The van der Waals surface area contributed by atoms with Crippen LogP contribution in [-0.2, 0) is 24.4 Å². The zero-order valence-corrected chi connectivity index (χ0v) is 20.5. The van der Waals surface area contributed by atoms with Gasteiger partial charge in [-0.15, -0.1) is 0 Å². The van der Waals surface area contributed by atoms with Gasteiger partial charge in [-0.1, -0.05) is 36.2 Å². The molecule has 0 spiro atoms. The fourth-order valence-electron chi connectivity index (χ4n) is 3.39. The summed E-state index contributed by atoms with van der Waals surface area (Å²) in [6, 6.07) is 8.02. The van der Waals surface area contributed by atoms with Gasteiger partial charge in [0.25, 0.3) is 0 Å². The van der Waals surface area contributed by atoms with E-state index in [0.717, 1.165) is 18.2 Å². The topological polar surface area (TPSA) is 187 Å². The number of aldehydes is 1. The molecule has 2 rings (SSSR count). The van der Waals surface area contributed by atoms with Crippen LogP contribution in [0.3, 0.4) is 0 Å². The van der Waals surface area contributed by atoms with Crippen LogP contribution in [0.5, 0.6) is 5.75 Å². The van der Waals surface area contributed by atoms with Crippen LogP contribution in [0.1, 0.15) is 47.5 Å². The number of amides is 1. The predicted octanol–water partition coefficient (Wildman–Crippen LogP) is 2.13. The highest BCUT2D eigenvalue weighted by molar-refractivity contribution is 7.89. The summed E-state index contributed by atoms with van der Waals surface area (Å²) in [6.07, 6.45) is 0.816. The first-order valence-electron chi connectivity index (χ1n) is 10.7. The van der Waals surface area contributed by atoms with E-state index in [4.69, 9.17) is 16.7 Å². The molecule has 0 bridgehead atoms. The Morgan fingerprint density at radius 3 is 2.36 bits per heavy atom. The van der Waals surface area contributed by atoms with E-state index in [9.17, 15) is 37.8 Å². The van der Waals surface area contributed by atoms with Gasteiger partial charge in [0.15, 0.2) is 0 Å². The Kier molecular flexibility index (Phi) is 10.4. The van der Waals surface area contributed by atoms with Crippen molar-refractivity contribution >= 4 is 45.8 Å². The maximum absolute atomic E-state index is 12.9. The van der Waals surface area contributed by atoms with Gasteiger partial charge >= 0.3 is 11.9 Å². The Morgan fingerprint density at radius 1 is 1.06 bits per heavy atom. The quantitative estimate of drug-likeness (QED) is 0.177. The Balaban J connectivity index is 2.05. The van der Waals surface area contributed by atoms with Crippen LogP contribution >= 0.6 is 11.6 Å². The summed E-state index contributed by atoms with van der Waals surface area (Å²) in [7, 11) is -4.06. The molecule has 0 saturated heterocycles. The van der Waals surface area contributed by atoms with Gasteiger partial charge < -0.3 is 25.4 Å². The van der Waals surface area contributed by atoms with E-state index < -0.39 is 57.6 Å². The van der Waals surface area contributed by atoms with E-state index in [1.54, 1.807) is 24.3 Å². The van der Waals surface area contributed by atoms with Gasteiger partial charge in [0.2, 0.25) is 15.9 Å². The van der Waals surface area contributed by atoms with Crippen LogP contribution in [0.25, 0.3) is 0 Å². The lowest BCUT2D eigenvalue weighted by atomic mass is 9.92. The molecule has 0 aromatic heterocycles. The van der Waals surface area contributed by atoms with E-state index >= 15 is 0 Å². The number of sulfonamides is 1. The molecule has 0 heterocycles. The first-order chi connectivity index (χ1) is 17.0. The smallest absolute Gasteiger partial charge is 0.339 e. The van der Waals surface area contributed by atoms with Crippen LogP contribution in [-0.4, -0.2) is 60.5 Å². The third-order valence-corrected chi connectivity index (χ3v) is 7.07. The predicted molar refractivity (Wildman–Crippen MR) is 129 cm³/mol. The van der Waals surface area contributed by atoms with Gasteiger partial charge in [0, 0.05) is 18.0 Å². The van der Waals surface area contributed by atoms with Crippen LogP contribution in [0, 0.1) is 0 Å². The molecule has 0 saturated carbocycles. The highest BCUT2D eigenvalue weighted by Gasteiger charge is 2.27. The van der Waals surface area contributed by atoms with Gasteiger partial charge in [-0.25, -0.2) is 22.7 Å². The molecule has 0 aliphatic heterocycles. The zero-order valence-electron chi connectivity index (χ0n) is 18.9. The van der Waals surface area contributed by atoms with Crippen molar-refractivity contribution in [3.05, 3.63) is 58.6 Å². The SMILES string of the molecule is O=CC[C@H](NC(=O)C(CCCCNS(=O)(=O)c1ccc(O)c(C(=O)O)c1)c1ccccc1Cl)C(=O)O. The number of carbonyl (C=O) groups is 4. The van der Waals surface area contributed by atoms with Crippen LogP contribution < -0.4 is 10.0 Å². The molecule has 1 unspecified atom stereocenters. The van der Waals surface area contributed by atoms with Gasteiger partial charge in [-0.2, -0.15) is 0 Å². The first kappa shape index (κ1) is 28.8. The molecule has 1 amide bonds. The number of nitrogens with one attached hydrogen (secondary N) is 2. The second-order valence-electron chi connectivity index (χ2n) is 7.75. The van der Waals surface area contributed by atoms with Crippen molar-refractivity contribution < 1.29 is 42.9 Å². The van der Waals surface area contributed by atoms with Crippen LogP contribution in [0.4, 0.5) is 0 Å². The highest BCUT2D eigenvalue weighted by Crippen LogP contribution is 2.29. The lowest BCUT2D eigenvalue weighted by molar-refractivity contribution is -0.142. The number of aliphatic carboxylic acids is 1. The van der Waals surface area contributed by atoms with Gasteiger partial charge in [0.1, 0.15) is 23.6 Å². The maximum atomic E-state index is 12.9. The number of carboxylic acids is 2. The number of benzene rings is 2. The number of carbonyl (C=O) groups excluding carboxylic acids is 2. The van der Waals surface area contributed by atoms with E-state index in [1.807, 2.05) is 0 Å². The van der Waals surface area contributed by atoms with Crippen LogP contribution in [0.2, 0.25) is 5.02 Å². The summed E-state index contributed by atoms with van der Waals surface area (Å²) in [5, 5.41) is 30.5. The standard InChI is InChI=1S/C23H25ClN2O9S/c24-18-7-2-1-5-15(18)16(21(29)26-19(10-12-27)23(32)33)6-3-4-11-25-36(34,35)14-8-9-20(28)17(13-14)22(30)31/h1-2,5,7-9,12-13,16,19,25,28H,3-4,6,10-11H2,(H,26,29)(H,30,31)(H,32,33)/t16?,19-/m0/s1. The molecule has 2 atom stereocenters. The number of hydrogen-bond acceptors (Lipinski definition) is 7. The fourth-order valence-corrected chi connectivity index (χ4v) is 4.76. The molecule has 194 valence electrons. The lowest BCUT2D eigenvalue weighted by Crippen LogP contribution is -2.43. The monoisotopic (exact) mass is 540 g/mol. The first-order valence-corrected chi connectivity index (χ1v) is 12.6. The number of carboxylic acid groups (broad SMARTS) is 2. The maximum Gasteiger partial charge on any atom is 0.339 e. The number of phenols is 1. The van der Waals surface area contributed by atoms with E-state index in [1.165, 1.54) is 0 Å². The van der Waals surface area contributed by atoms with Crippen molar-refractivity contribution in [1.82, 2.24) is 10.0 Å². The Labute approximate surface area is 212 Å². The molecular weight excluding hydrogens is 516 g/mol. The van der Waals surface area contributed by atoms with Crippen molar-refractivity contribution in [2.24, 2.45) is 0 Å². The Bertz CT molecular complexity index is 1230. The second-order valence-corrected chi connectivity index (χ2v) is 9.93. The largest absolute Gasteiger partial charge is 0.507 e. The molecular formula is C23H25ClN2O9S. The average Bonchev–Trinajstić information content (AvgIpc) is 2.81. The van der Waals surface area contributed by atoms with Crippen molar-refractivity contribution in [1.29, 1.82) is 0 Å². The summed E-state index contributed by atoms with van der Waals surface area (Å²) < 4.78 is 27.3. The van der Waals surface area contributed by atoms with Crippen LogP contribution in [0.15, 0.2) is 47.4 Å². The summed E-state index contributed by atoms with van der Waals surface area (Å²) >= 11 is 6.23. The number of halogens is 1. The van der Waals surface area contributed by atoms with E-state index in [0.29, 0.717) is 23.3 Å². The summed E-state index contributed by atoms with van der Waals surface area (Å²) in [5.41, 5.74) is -0.0986. The Morgan fingerprint density at radius 2 is 1.75 bits per heavy atom. The summed E-state index contributed by atoms with van der Waals surface area (Å²) in [4.78, 5) is 45.8. The number of hydrogen-bond donors (Lipinski definition) is 5. The average molecular weight is 541 g/mol. The summed E-state index contributed by atoms with van der Waals surface area (Å²) in [5.74, 6) is -4.89. The number of unbranched alkanes of at least 4 members (excludes halogenated alkanes) is 1.